The molecule has 100 valence electrons. The number of benzene rings is 1. The Kier molecular flexibility index (Phi) is 4.24. The average Bonchev–Trinajstić information content (AvgIpc) is 2.80. The van der Waals surface area contributed by atoms with Gasteiger partial charge in [0.2, 0.25) is 5.91 Å². The molecular weight excluding hydrogens is 244 g/mol. The van der Waals surface area contributed by atoms with E-state index in [4.69, 9.17) is 14.7 Å². The summed E-state index contributed by atoms with van der Waals surface area (Å²) in [5.74, 6) is 1.30. The van der Waals surface area contributed by atoms with E-state index in [1.165, 1.54) is 0 Å². The van der Waals surface area contributed by atoms with E-state index in [2.05, 4.69) is 6.07 Å². The molecule has 0 saturated carbocycles. The normalized spacial score (nSPS) is 18.2. The fourth-order valence-corrected chi connectivity index (χ4v) is 2.04. The molecule has 0 spiro atoms. The van der Waals surface area contributed by atoms with E-state index in [-0.39, 0.29) is 11.8 Å². The van der Waals surface area contributed by atoms with Crippen LogP contribution < -0.4 is 9.47 Å². The van der Waals surface area contributed by atoms with Crippen molar-refractivity contribution in [3.63, 3.8) is 0 Å². The molecule has 0 radical (unpaired) electrons. The predicted octanol–water partition coefficient (Wildman–Crippen LogP) is 1.45. The SMILES string of the molecule is COc1cccc(OCCN2CC(C#N)CC2=O)c1. The molecule has 1 aromatic carbocycles. The van der Waals surface area contributed by atoms with Crippen molar-refractivity contribution in [1.82, 2.24) is 4.90 Å². The number of rotatable bonds is 5. The van der Waals surface area contributed by atoms with E-state index in [1.807, 2.05) is 18.2 Å². The Morgan fingerprint density at radius 1 is 1.47 bits per heavy atom. The highest BCUT2D eigenvalue weighted by atomic mass is 16.5. The van der Waals surface area contributed by atoms with Gasteiger partial charge in [0.25, 0.3) is 0 Å². The molecule has 1 fully saturated rings. The van der Waals surface area contributed by atoms with E-state index in [9.17, 15) is 4.79 Å². The number of amides is 1. The van der Waals surface area contributed by atoms with Gasteiger partial charge in [0, 0.05) is 19.0 Å². The molecule has 0 aromatic heterocycles. The Labute approximate surface area is 112 Å². The van der Waals surface area contributed by atoms with Crippen LogP contribution in [0.5, 0.6) is 11.5 Å². The van der Waals surface area contributed by atoms with Crippen molar-refractivity contribution in [2.75, 3.05) is 26.8 Å². The van der Waals surface area contributed by atoms with E-state index in [0.29, 0.717) is 31.9 Å². The third kappa shape index (κ3) is 3.38. The summed E-state index contributed by atoms with van der Waals surface area (Å²) in [5.41, 5.74) is 0. The van der Waals surface area contributed by atoms with Gasteiger partial charge in [-0.2, -0.15) is 5.26 Å². The van der Waals surface area contributed by atoms with E-state index < -0.39 is 0 Å². The van der Waals surface area contributed by atoms with Gasteiger partial charge >= 0.3 is 0 Å². The standard InChI is InChI=1S/C14H16N2O3/c1-18-12-3-2-4-13(8-12)19-6-5-16-10-11(9-15)7-14(16)17/h2-4,8,11H,5-7,10H2,1H3. The Bertz CT molecular complexity index is 496. The fourth-order valence-electron chi connectivity index (χ4n) is 2.04. The van der Waals surface area contributed by atoms with Crippen LogP contribution in [0.15, 0.2) is 24.3 Å². The Morgan fingerprint density at radius 2 is 2.26 bits per heavy atom. The smallest absolute Gasteiger partial charge is 0.224 e. The lowest BCUT2D eigenvalue weighted by atomic mass is 10.1. The first-order valence-corrected chi connectivity index (χ1v) is 6.17. The fraction of sp³-hybridized carbons (Fsp3) is 0.429. The molecule has 1 heterocycles. The van der Waals surface area contributed by atoms with E-state index in [1.54, 1.807) is 18.1 Å². The Hall–Kier alpha value is -2.22. The lowest BCUT2D eigenvalue weighted by Crippen LogP contribution is -2.29. The van der Waals surface area contributed by atoms with Gasteiger partial charge in [-0.3, -0.25) is 4.79 Å². The van der Waals surface area contributed by atoms with E-state index in [0.717, 1.165) is 5.75 Å². The van der Waals surface area contributed by atoms with Crippen LogP contribution in [0.2, 0.25) is 0 Å². The first-order valence-electron chi connectivity index (χ1n) is 6.17. The van der Waals surface area contributed by atoms with Crippen molar-refractivity contribution >= 4 is 5.91 Å². The summed E-state index contributed by atoms with van der Waals surface area (Å²) in [7, 11) is 1.60. The molecule has 19 heavy (non-hydrogen) atoms. The largest absolute Gasteiger partial charge is 0.497 e. The van der Waals surface area contributed by atoms with Gasteiger partial charge in [-0.05, 0) is 12.1 Å². The molecule has 1 aliphatic heterocycles. The zero-order valence-corrected chi connectivity index (χ0v) is 10.8. The third-order valence-electron chi connectivity index (χ3n) is 3.07. The topological polar surface area (TPSA) is 62.6 Å². The van der Waals surface area contributed by atoms with Crippen LogP contribution in [-0.4, -0.2) is 37.6 Å². The minimum atomic E-state index is -0.177. The Morgan fingerprint density at radius 3 is 2.95 bits per heavy atom. The van der Waals surface area contributed by atoms with Gasteiger partial charge in [0.1, 0.15) is 18.1 Å². The minimum absolute atomic E-state index is 0.0285. The molecule has 0 N–H and O–H groups in total. The summed E-state index contributed by atoms with van der Waals surface area (Å²) < 4.78 is 10.7. The number of likely N-dealkylation sites (tertiary alicyclic amines) is 1. The average molecular weight is 260 g/mol. The van der Waals surface area contributed by atoms with Crippen molar-refractivity contribution in [1.29, 1.82) is 5.26 Å². The zero-order valence-electron chi connectivity index (χ0n) is 10.8. The number of carbonyl (C=O) groups is 1. The highest BCUT2D eigenvalue weighted by Gasteiger charge is 2.28. The second-order valence-corrected chi connectivity index (χ2v) is 4.40. The Balaban J connectivity index is 1.80. The van der Waals surface area contributed by atoms with Gasteiger partial charge in [0.15, 0.2) is 0 Å². The number of ether oxygens (including phenoxy) is 2. The molecule has 2 rings (SSSR count). The lowest BCUT2D eigenvalue weighted by molar-refractivity contribution is -0.128. The van der Waals surface area contributed by atoms with Crippen LogP contribution in [0.4, 0.5) is 0 Å². The quantitative estimate of drug-likeness (QED) is 0.803. The number of nitrogens with zero attached hydrogens (tertiary/aromatic N) is 2. The van der Waals surface area contributed by atoms with Gasteiger partial charge < -0.3 is 14.4 Å². The molecular formula is C14H16N2O3. The molecule has 5 heteroatoms. The number of nitriles is 1. The highest BCUT2D eigenvalue weighted by Crippen LogP contribution is 2.19. The van der Waals surface area contributed by atoms with Crippen molar-refractivity contribution in [3.05, 3.63) is 24.3 Å². The first kappa shape index (κ1) is 13.2. The van der Waals surface area contributed by atoms with Crippen LogP contribution in [0, 0.1) is 17.2 Å². The molecule has 1 amide bonds. The maximum Gasteiger partial charge on any atom is 0.224 e. The zero-order chi connectivity index (χ0) is 13.7. The van der Waals surface area contributed by atoms with Gasteiger partial charge in [-0.1, -0.05) is 6.07 Å². The lowest BCUT2D eigenvalue weighted by Gasteiger charge is -2.16. The summed E-state index contributed by atoms with van der Waals surface area (Å²) in [6.45, 7) is 1.43. The summed E-state index contributed by atoms with van der Waals surface area (Å²) in [6, 6.07) is 9.45. The molecule has 1 saturated heterocycles. The monoisotopic (exact) mass is 260 g/mol. The van der Waals surface area contributed by atoms with Crippen LogP contribution in [0.3, 0.4) is 0 Å². The van der Waals surface area contributed by atoms with Crippen LogP contribution in [-0.2, 0) is 4.79 Å². The predicted molar refractivity (Wildman–Crippen MR) is 68.8 cm³/mol. The maximum atomic E-state index is 11.6. The second kappa shape index (κ2) is 6.10. The summed E-state index contributed by atoms with van der Waals surface area (Å²) in [4.78, 5) is 13.3. The van der Waals surface area contributed by atoms with Gasteiger partial charge in [0.05, 0.1) is 25.6 Å². The molecule has 5 nitrogen and oxygen atoms in total. The molecule has 1 aromatic rings. The second-order valence-electron chi connectivity index (χ2n) is 4.40. The number of hydrogen-bond donors (Lipinski definition) is 0. The third-order valence-corrected chi connectivity index (χ3v) is 3.07. The highest BCUT2D eigenvalue weighted by molar-refractivity contribution is 5.79. The van der Waals surface area contributed by atoms with Crippen LogP contribution >= 0.6 is 0 Å². The molecule has 0 bridgehead atoms. The molecule has 1 atom stereocenters. The van der Waals surface area contributed by atoms with Crippen LogP contribution in [0.1, 0.15) is 6.42 Å². The molecule has 1 unspecified atom stereocenters. The van der Waals surface area contributed by atoms with E-state index >= 15 is 0 Å². The summed E-state index contributed by atoms with van der Waals surface area (Å²) >= 11 is 0. The summed E-state index contributed by atoms with van der Waals surface area (Å²) in [5, 5.41) is 8.79. The number of hydrogen-bond acceptors (Lipinski definition) is 4. The van der Waals surface area contributed by atoms with Crippen molar-refractivity contribution in [2.45, 2.75) is 6.42 Å². The minimum Gasteiger partial charge on any atom is -0.497 e. The maximum absolute atomic E-state index is 11.6. The van der Waals surface area contributed by atoms with Gasteiger partial charge in [-0.25, -0.2) is 0 Å². The van der Waals surface area contributed by atoms with Gasteiger partial charge in [-0.15, -0.1) is 0 Å². The first-order chi connectivity index (χ1) is 9.22. The van der Waals surface area contributed by atoms with Crippen molar-refractivity contribution in [3.8, 4) is 17.6 Å². The van der Waals surface area contributed by atoms with Crippen molar-refractivity contribution in [2.24, 2.45) is 5.92 Å². The van der Waals surface area contributed by atoms with Crippen LogP contribution in [0.25, 0.3) is 0 Å². The molecule has 1 aliphatic rings. The number of carbonyl (C=O) groups excluding carboxylic acids is 1. The summed E-state index contributed by atoms with van der Waals surface area (Å²) in [6.07, 6.45) is 0.329. The number of methoxy groups -OCH3 is 1. The molecule has 0 aliphatic carbocycles. The van der Waals surface area contributed by atoms with Crippen molar-refractivity contribution < 1.29 is 14.3 Å².